The Morgan fingerprint density at radius 2 is 2.00 bits per heavy atom. The number of anilines is 2. The summed E-state index contributed by atoms with van der Waals surface area (Å²) >= 11 is 6.17. The number of para-hydroxylation sites is 1. The van der Waals surface area contributed by atoms with Crippen molar-refractivity contribution in [2.45, 2.75) is 25.3 Å². The van der Waals surface area contributed by atoms with Crippen molar-refractivity contribution >= 4 is 47.2 Å². The molecule has 13 heteroatoms. The highest BCUT2D eigenvalue weighted by molar-refractivity contribution is 6.30. The summed E-state index contributed by atoms with van der Waals surface area (Å²) in [5.41, 5.74) is 3.59. The van der Waals surface area contributed by atoms with Gasteiger partial charge in [0.2, 0.25) is 11.8 Å². The van der Waals surface area contributed by atoms with Crippen LogP contribution in [0.25, 0.3) is 17.3 Å². The number of aryl methyl sites for hydroxylation is 1. The zero-order chi connectivity index (χ0) is 29.6. The number of hydrazine groups is 1. The number of benzene rings is 2. The van der Waals surface area contributed by atoms with Gasteiger partial charge in [-0.05, 0) is 42.5 Å². The Labute approximate surface area is 245 Å². The minimum absolute atomic E-state index is 0.0430. The number of H-pyrrole nitrogens is 1. The second kappa shape index (κ2) is 12.6. The summed E-state index contributed by atoms with van der Waals surface area (Å²) in [5.74, 6) is 10.4. The third kappa shape index (κ3) is 6.62. The predicted molar refractivity (Wildman–Crippen MR) is 160 cm³/mol. The number of pyridine rings is 1. The maximum Gasteiger partial charge on any atom is 0.244 e. The summed E-state index contributed by atoms with van der Waals surface area (Å²) in [4.78, 5) is 38.2. The van der Waals surface area contributed by atoms with Crippen LogP contribution in [0.4, 0.5) is 15.8 Å². The number of nitrogens with two attached hydrogens (primary N) is 2. The quantitative estimate of drug-likeness (QED) is 0.0777. The average Bonchev–Trinajstić information content (AvgIpc) is 3.46. The fraction of sp³-hybridized carbons (Fsp3) is 0.138. The van der Waals surface area contributed by atoms with E-state index in [-0.39, 0.29) is 30.9 Å². The Morgan fingerprint density at radius 3 is 2.83 bits per heavy atom. The zero-order valence-electron chi connectivity index (χ0n) is 22.2. The first-order valence-electron chi connectivity index (χ1n) is 12.9. The molecule has 2 aromatic carbocycles. The molecule has 1 aliphatic rings. The number of nitrogens with one attached hydrogen (secondary N) is 3. The molecular formula is C29H27ClFN9O2. The summed E-state index contributed by atoms with van der Waals surface area (Å²) in [7, 11) is 0. The monoisotopic (exact) mass is 587 g/mol. The highest BCUT2D eigenvalue weighted by Crippen LogP contribution is 2.29. The van der Waals surface area contributed by atoms with Gasteiger partial charge in [0.25, 0.3) is 0 Å². The maximum atomic E-state index is 14.6. The zero-order valence-corrected chi connectivity index (χ0v) is 23.0. The number of nitrogens with zero attached hydrogens (tertiary/aromatic N) is 4. The second-order valence-corrected chi connectivity index (χ2v) is 9.91. The van der Waals surface area contributed by atoms with Crippen molar-refractivity contribution in [3.8, 4) is 11.3 Å². The van der Waals surface area contributed by atoms with Gasteiger partial charge in [0.15, 0.2) is 0 Å². The molecule has 1 unspecified atom stereocenters. The smallest absolute Gasteiger partial charge is 0.244 e. The third-order valence-electron chi connectivity index (χ3n) is 6.57. The molecule has 0 fully saturated rings. The van der Waals surface area contributed by atoms with Crippen molar-refractivity contribution in [2.24, 2.45) is 16.8 Å². The molecule has 0 spiro atoms. The Kier molecular flexibility index (Phi) is 8.55. The molecule has 0 saturated carbocycles. The van der Waals surface area contributed by atoms with Gasteiger partial charge in [-0.3, -0.25) is 19.6 Å². The molecule has 4 aromatic rings. The summed E-state index contributed by atoms with van der Waals surface area (Å²) in [6, 6.07) is 14.4. The summed E-state index contributed by atoms with van der Waals surface area (Å²) in [6.07, 6.45) is 6.19. The highest BCUT2D eigenvalue weighted by Gasteiger charge is 2.22. The number of hydrogen-bond acceptors (Lipinski definition) is 7. The molecule has 4 bridgehead atoms. The number of rotatable bonds is 5. The number of aromatic nitrogens is 3. The number of hydrazone groups is 1. The van der Waals surface area contributed by atoms with Gasteiger partial charge < -0.3 is 21.5 Å². The number of imidazole rings is 1. The number of carbonyl (C=O) groups is 2. The van der Waals surface area contributed by atoms with E-state index in [9.17, 15) is 14.0 Å². The lowest BCUT2D eigenvalue weighted by Crippen LogP contribution is -2.30. The van der Waals surface area contributed by atoms with Crippen LogP contribution >= 0.6 is 11.6 Å². The number of carbonyl (C=O) groups excluding carboxylic acids is 2. The van der Waals surface area contributed by atoms with E-state index in [0.29, 0.717) is 44.7 Å². The predicted octanol–water partition coefficient (Wildman–Crippen LogP) is 3.84. The molecule has 1 atom stereocenters. The second-order valence-electron chi connectivity index (χ2n) is 9.47. The first-order chi connectivity index (χ1) is 20.3. The van der Waals surface area contributed by atoms with Crippen molar-refractivity contribution in [1.82, 2.24) is 20.3 Å². The molecule has 0 saturated heterocycles. The highest BCUT2D eigenvalue weighted by atomic mass is 35.5. The number of fused-ring (bicyclic) bond motifs is 6. The van der Waals surface area contributed by atoms with Crippen molar-refractivity contribution < 1.29 is 14.0 Å². The average molecular weight is 588 g/mol. The van der Waals surface area contributed by atoms with Gasteiger partial charge >= 0.3 is 0 Å². The van der Waals surface area contributed by atoms with E-state index < -0.39 is 17.8 Å². The van der Waals surface area contributed by atoms with Crippen LogP contribution in [-0.4, -0.2) is 33.1 Å². The van der Waals surface area contributed by atoms with Gasteiger partial charge in [0.1, 0.15) is 18.0 Å². The number of halogens is 2. The van der Waals surface area contributed by atoms with E-state index in [1.54, 1.807) is 48.7 Å². The van der Waals surface area contributed by atoms with Crippen LogP contribution in [0, 0.1) is 5.82 Å². The van der Waals surface area contributed by atoms with Gasteiger partial charge in [0, 0.05) is 53.4 Å². The normalized spacial score (nSPS) is 15.2. The van der Waals surface area contributed by atoms with Crippen LogP contribution in [-0.2, 0) is 22.4 Å². The minimum Gasteiger partial charge on any atom is -0.346 e. The largest absolute Gasteiger partial charge is 0.346 e. The standard InChI is InChI=1S/C29H27ClFN9O2/c30-18-6-10-26(40(33)16-35-32)17(13-18)5-11-27(41)38-24-14-19-7-8-21(31)23(36-19)9-12-28(42)37-22-4-2-1-3-20(22)25-15-34-29(24)39-25/h1-8,10-11,13,15-16,24H,9,12,14,32-33H2,(H,34,39)(H,37,42)(H,38,41)/b11-5+,35-16-. The van der Waals surface area contributed by atoms with E-state index >= 15 is 0 Å². The lowest BCUT2D eigenvalue weighted by Gasteiger charge is -2.17. The fourth-order valence-corrected chi connectivity index (χ4v) is 4.75. The molecule has 3 heterocycles. The summed E-state index contributed by atoms with van der Waals surface area (Å²) in [6.45, 7) is 0. The van der Waals surface area contributed by atoms with Crippen LogP contribution in [0.15, 0.2) is 72.0 Å². The van der Waals surface area contributed by atoms with Crippen LogP contribution in [0.2, 0.25) is 5.02 Å². The minimum atomic E-state index is -0.652. The van der Waals surface area contributed by atoms with Gasteiger partial charge in [-0.15, -0.1) is 0 Å². The summed E-state index contributed by atoms with van der Waals surface area (Å²) < 4.78 is 14.6. The van der Waals surface area contributed by atoms with Gasteiger partial charge in [0.05, 0.1) is 28.8 Å². The first-order valence-corrected chi connectivity index (χ1v) is 13.3. The Balaban J connectivity index is 1.48. The van der Waals surface area contributed by atoms with Crippen molar-refractivity contribution in [3.05, 3.63) is 100 Å². The number of aromatic amines is 1. The van der Waals surface area contributed by atoms with Gasteiger partial charge in [-0.2, -0.15) is 5.10 Å². The molecule has 2 aromatic heterocycles. The molecule has 5 rings (SSSR count). The Hall–Kier alpha value is -5.07. The van der Waals surface area contributed by atoms with Crippen LogP contribution in [0.5, 0.6) is 0 Å². The van der Waals surface area contributed by atoms with E-state index in [0.717, 1.165) is 0 Å². The molecule has 214 valence electrons. The molecule has 2 amide bonds. The molecule has 0 aliphatic carbocycles. The molecular weight excluding hydrogens is 561 g/mol. The van der Waals surface area contributed by atoms with Gasteiger partial charge in [-0.25, -0.2) is 15.2 Å². The Bertz CT molecular complexity index is 1690. The molecule has 7 N–H and O–H groups in total. The molecule has 0 radical (unpaired) electrons. The topological polar surface area (TPSA) is 167 Å². The van der Waals surface area contributed by atoms with Crippen molar-refractivity contribution in [2.75, 3.05) is 10.3 Å². The van der Waals surface area contributed by atoms with E-state index in [2.05, 4.69) is 25.7 Å². The SMILES string of the molecule is N/N=C\N(N)c1ccc(Cl)cc1/C=C/C(=O)NC1Cc2ccc(F)c(n2)CCC(=O)Nc2ccccc2-c2c[nH]c1n2. The fourth-order valence-electron chi connectivity index (χ4n) is 4.57. The third-order valence-corrected chi connectivity index (χ3v) is 6.81. The number of hydrogen-bond donors (Lipinski definition) is 5. The molecule has 1 aliphatic heterocycles. The van der Waals surface area contributed by atoms with Gasteiger partial charge in [-0.1, -0.05) is 29.8 Å². The van der Waals surface area contributed by atoms with Crippen molar-refractivity contribution in [1.29, 1.82) is 0 Å². The molecule has 11 nitrogen and oxygen atoms in total. The maximum absolute atomic E-state index is 14.6. The van der Waals surface area contributed by atoms with E-state index in [1.807, 2.05) is 12.1 Å². The molecule has 42 heavy (non-hydrogen) atoms. The first kappa shape index (κ1) is 28.5. The van der Waals surface area contributed by atoms with Crippen molar-refractivity contribution in [3.63, 3.8) is 0 Å². The number of amides is 2. The lowest BCUT2D eigenvalue weighted by atomic mass is 10.1. The van der Waals surface area contributed by atoms with E-state index in [1.165, 1.54) is 23.5 Å². The van der Waals surface area contributed by atoms with Crippen LogP contribution in [0.3, 0.4) is 0 Å². The Morgan fingerprint density at radius 1 is 1.17 bits per heavy atom. The van der Waals surface area contributed by atoms with Crippen LogP contribution in [0.1, 0.15) is 35.2 Å². The lowest BCUT2D eigenvalue weighted by molar-refractivity contribution is -0.117. The van der Waals surface area contributed by atoms with Crippen LogP contribution < -0.4 is 27.3 Å². The summed E-state index contributed by atoms with van der Waals surface area (Å²) in [5, 5.41) is 10.9. The van der Waals surface area contributed by atoms with E-state index in [4.69, 9.17) is 28.3 Å².